The summed E-state index contributed by atoms with van der Waals surface area (Å²) in [6, 6.07) is 16.0. The molecular weight excluding hydrogens is 386 g/mol. The van der Waals surface area contributed by atoms with Gasteiger partial charge >= 0.3 is 0 Å². The van der Waals surface area contributed by atoms with Crippen molar-refractivity contribution in [3.05, 3.63) is 53.6 Å². The maximum atomic E-state index is 12.5. The van der Waals surface area contributed by atoms with Crippen molar-refractivity contribution in [2.75, 3.05) is 25.0 Å². The van der Waals surface area contributed by atoms with Crippen molar-refractivity contribution in [1.82, 2.24) is 14.9 Å². The second kappa shape index (κ2) is 8.35. The van der Waals surface area contributed by atoms with Gasteiger partial charge in [0, 0.05) is 31.6 Å². The Kier molecular flexibility index (Phi) is 5.60. The van der Waals surface area contributed by atoms with E-state index in [9.17, 15) is 10.1 Å². The average molecular weight is 414 g/mol. The number of nitriles is 1. The molecule has 0 unspecified atom stereocenters. The number of aromatic nitrogens is 2. The van der Waals surface area contributed by atoms with Gasteiger partial charge in [0.1, 0.15) is 5.69 Å². The summed E-state index contributed by atoms with van der Waals surface area (Å²) in [5.41, 5.74) is 4.91. The van der Waals surface area contributed by atoms with E-state index in [-0.39, 0.29) is 17.9 Å². The molecule has 0 radical (unpaired) electrons. The van der Waals surface area contributed by atoms with E-state index in [0.29, 0.717) is 12.1 Å². The van der Waals surface area contributed by atoms with Crippen LogP contribution in [-0.4, -0.2) is 47.0 Å². The number of para-hydroxylation sites is 2. The number of carbonyl (C=O) groups is 1. The van der Waals surface area contributed by atoms with Gasteiger partial charge in [0.15, 0.2) is 5.82 Å². The van der Waals surface area contributed by atoms with Gasteiger partial charge in [-0.1, -0.05) is 38.1 Å². The maximum absolute atomic E-state index is 12.5. The van der Waals surface area contributed by atoms with Crippen LogP contribution < -0.4 is 4.90 Å². The Morgan fingerprint density at radius 3 is 2.55 bits per heavy atom. The third-order valence-electron chi connectivity index (χ3n) is 6.11. The van der Waals surface area contributed by atoms with E-state index in [4.69, 9.17) is 9.97 Å². The molecule has 2 aromatic carbocycles. The molecule has 0 spiro atoms. The number of nitrogens with zero attached hydrogens (tertiary/aromatic N) is 5. The molecule has 1 saturated heterocycles. The number of carbonyl (C=O) groups excluding carboxylic acids is 1. The summed E-state index contributed by atoms with van der Waals surface area (Å²) in [7, 11) is 1.89. The Balaban J connectivity index is 1.79. The largest absolute Gasteiger partial charge is 0.353 e. The topological polar surface area (TPSA) is 73.1 Å². The molecule has 6 nitrogen and oxygen atoms in total. The highest BCUT2D eigenvalue weighted by atomic mass is 16.2. The van der Waals surface area contributed by atoms with Crippen LogP contribution >= 0.6 is 0 Å². The predicted molar refractivity (Wildman–Crippen MR) is 123 cm³/mol. The second-order valence-electron chi connectivity index (χ2n) is 8.47. The maximum Gasteiger partial charge on any atom is 0.225 e. The number of amides is 1. The highest BCUT2D eigenvalue weighted by molar-refractivity contribution is 5.85. The van der Waals surface area contributed by atoms with Crippen molar-refractivity contribution in [2.45, 2.75) is 33.2 Å². The summed E-state index contributed by atoms with van der Waals surface area (Å²) in [4.78, 5) is 26.5. The summed E-state index contributed by atoms with van der Waals surface area (Å²) < 4.78 is 0. The molecule has 1 amide bonds. The summed E-state index contributed by atoms with van der Waals surface area (Å²) in [5, 5.41) is 9.50. The van der Waals surface area contributed by atoms with Gasteiger partial charge in [-0.3, -0.25) is 4.79 Å². The number of hydrogen-bond acceptors (Lipinski definition) is 5. The van der Waals surface area contributed by atoms with Gasteiger partial charge < -0.3 is 9.80 Å². The average Bonchev–Trinajstić information content (AvgIpc) is 3.27. The summed E-state index contributed by atoms with van der Waals surface area (Å²) >= 11 is 0. The van der Waals surface area contributed by atoms with Gasteiger partial charge in [-0.15, -0.1) is 0 Å². The lowest BCUT2D eigenvalue weighted by molar-refractivity contribution is -0.134. The van der Waals surface area contributed by atoms with Gasteiger partial charge in [-0.05, 0) is 37.1 Å². The Morgan fingerprint density at radius 2 is 1.87 bits per heavy atom. The number of fused-ring (bicyclic) bond motifs is 1. The van der Waals surface area contributed by atoms with Crippen LogP contribution in [0.5, 0.6) is 0 Å². The van der Waals surface area contributed by atoms with Crippen LogP contribution in [0.1, 0.15) is 31.4 Å². The Bertz CT molecular complexity index is 1180. The predicted octanol–water partition coefficient (Wildman–Crippen LogP) is 4.17. The van der Waals surface area contributed by atoms with Crippen LogP contribution in [0.25, 0.3) is 22.3 Å². The normalized spacial score (nSPS) is 16.0. The lowest BCUT2D eigenvalue weighted by Crippen LogP contribution is -2.41. The fourth-order valence-electron chi connectivity index (χ4n) is 4.24. The van der Waals surface area contributed by atoms with Crippen molar-refractivity contribution in [3.8, 4) is 17.3 Å². The first-order valence-electron chi connectivity index (χ1n) is 10.7. The lowest BCUT2D eigenvalue weighted by atomic mass is 10.00. The molecule has 0 N–H and O–H groups in total. The molecule has 3 aromatic rings. The third kappa shape index (κ3) is 3.84. The van der Waals surface area contributed by atoms with E-state index in [1.165, 1.54) is 0 Å². The van der Waals surface area contributed by atoms with Crippen LogP contribution in [0.2, 0.25) is 0 Å². The van der Waals surface area contributed by atoms with Crippen LogP contribution in [-0.2, 0) is 4.79 Å². The monoisotopic (exact) mass is 413 g/mol. The van der Waals surface area contributed by atoms with Gasteiger partial charge in [-0.25, -0.2) is 9.97 Å². The minimum Gasteiger partial charge on any atom is -0.353 e. The minimum absolute atomic E-state index is 0.0218. The Labute approximate surface area is 183 Å². The first kappa shape index (κ1) is 20.8. The lowest BCUT2D eigenvalue weighted by Gasteiger charge is -2.27. The van der Waals surface area contributed by atoms with Crippen molar-refractivity contribution >= 4 is 22.8 Å². The number of hydrogen-bond donors (Lipinski definition) is 0. The van der Waals surface area contributed by atoms with E-state index in [0.717, 1.165) is 46.6 Å². The summed E-state index contributed by atoms with van der Waals surface area (Å²) in [5.74, 6) is 0.950. The number of anilines is 1. The van der Waals surface area contributed by atoms with Crippen LogP contribution in [0.3, 0.4) is 0 Å². The molecular formula is C25H27N5O. The molecule has 1 aromatic heterocycles. The van der Waals surface area contributed by atoms with Crippen molar-refractivity contribution in [3.63, 3.8) is 0 Å². The Morgan fingerprint density at radius 1 is 1.16 bits per heavy atom. The SMILES string of the molecule is Cc1c(C#N)cccc1-c1nc2ccccc2nc1N1CC[C@H](N(C)C(=O)C(C)C)C1. The van der Waals surface area contributed by atoms with E-state index in [2.05, 4.69) is 11.0 Å². The fourth-order valence-corrected chi connectivity index (χ4v) is 4.24. The van der Waals surface area contributed by atoms with Crippen molar-refractivity contribution < 1.29 is 4.79 Å². The Hall–Kier alpha value is -3.46. The zero-order valence-electron chi connectivity index (χ0n) is 18.5. The molecule has 1 aliphatic heterocycles. The number of likely N-dealkylation sites (N-methyl/N-ethyl adjacent to an activating group) is 1. The molecule has 1 fully saturated rings. The molecule has 4 rings (SSSR count). The molecule has 6 heteroatoms. The highest BCUT2D eigenvalue weighted by Crippen LogP contribution is 2.35. The fraction of sp³-hybridized carbons (Fsp3) is 0.360. The zero-order chi connectivity index (χ0) is 22.1. The smallest absolute Gasteiger partial charge is 0.225 e. The van der Waals surface area contributed by atoms with E-state index >= 15 is 0 Å². The molecule has 2 heterocycles. The van der Waals surface area contributed by atoms with Crippen LogP contribution in [0.4, 0.5) is 5.82 Å². The van der Waals surface area contributed by atoms with Gasteiger partial charge in [0.2, 0.25) is 5.91 Å². The first-order valence-corrected chi connectivity index (χ1v) is 10.7. The quantitative estimate of drug-likeness (QED) is 0.642. The number of rotatable bonds is 4. The van der Waals surface area contributed by atoms with Crippen LogP contribution in [0, 0.1) is 24.2 Å². The summed E-state index contributed by atoms with van der Waals surface area (Å²) in [6.07, 6.45) is 0.889. The molecule has 1 aliphatic rings. The van der Waals surface area contributed by atoms with Gasteiger partial charge in [0.05, 0.1) is 28.7 Å². The molecule has 0 saturated carbocycles. The zero-order valence-corrected chi connectivity index (χ0v) is 18.5. The summed E-state index contributed by atoms with van der Waals surface area (Å²) in [6.45, 7) is 7.34. The van der Waals surface area contributed by atoms with Gasteiger partial charge in [-0.2, -0.15) is 5.26 Å². The molecule has 158 valence electrons. The van der Waals surface area contributed by atoms with Gasteiger partial charge in [0.25, 0.3) is 0 Å². The number of benzene rings is 2. The molecule has 31 heavy (non-hydrogen) atoms. The third-order valence-corrected chi connectivity index (χ3v) is 6.11. The van der Waals surface area contributed by atoms with Crippen molar-refractivity contribution in [2.24, 2.45) is 5.92 Å². The second-order valence-corrected chi connectivity index (χ2v) is 8.47. The van der Waals surface area contributed by atoms with E-state index in [1.807, 2.05) is 75.2 Å². The highest BCUT2D eigenvalue weighted by Gasteiger charge is 2.32. The van der Waals surface area contributed by atoms with E-state index in [1.54, 1.807) is 0 Å². The van der Waals surface area contributed by atoms with Crippen LogP contribution in [0.15, 0.2) is 42.5 Å². The first-order chi connectivity index (χ1) is 14.9. The van der Waals surface area contributed by atoms with Crippen molar-refractivity contribution in [1.29, 1.82) is 5.26 Å². The van der Waals surface area contributed by atoms with E-state index < -0.39 is 0 Å². The standard InChI is InChI=1S/C25H27N5O/c1-16(2)25(31)29(4)19-12-13-30(15-19)24-23(20-9-7-8-18(14-26)17(20)3)27-21-10-5-6-11-22(21)28-24/h5-11,16,19H,12-13,15H2,1-4H3/t19-/m0/s1. The molecule has 0 aliphatic carbocycles. The minimum atomic E-state index is -0.0218. The molecule has 1 atom stereocenters. The molecule has 0 bridgehead atoms.